The predicted octanol–water partition coefficient (Wildman–Crippen LogP) is 2.46. The van der Waals surface area contributed by atoms with E-state index in [-0.39, 0.29) is 23.6 Å². The number of carbonyl (C=O) groups is 2. The molecular formula is C16H18FNO3. The molecule has 5 heteroatoms. The van der Waals surface area contributed by atoms with E-state index in [4.69, 9.17) is 5.11 Å². The van der Waals surface area contributed by atoms with Gasteiger partial charge in [0, 0.05) is 5.92 Å². The molecule has 1 aromatic carbocycles. The van der Waals surface area contributed by atoms with Crippen molar-refractivity contribution in [3.63, 3.8) is 0 Å². The van der Waals surface area contributed by atoms with E-state index in [0.717, 1.165) is 5.56 Å². The van der Waals surface area contributed by atoms with E-state index >= 15 is 0 Å². The highest BCUT2D eigenvalue weighted by Crippen LogP contribution is 2.47. The van der Waals surface area contributed by atoms with E-state index in [1.807, 2.05) is 0 Å². The SMILES string of the molecule is C=CCCC(NC(=O)C1CC1c1ccc(F)cc1)C(=O)O. The van der Waals surface area contributed by atoms with Crippen molar-refractivity contribution in [1.82, 2.24) is 5.32 Å². The number of hydrogen-bond donors (Lipinski definition) is 2. The number of aliphatic carboxylic acids is 1. The zero-order valence-corrected chi connectivity index (χ0v) is 11.6. The number of carbonyl (C=O) groups excluding carboxylic acids is 1. The average molecular weight is 291 g/mol. The zero-order chi connectivity index (χ0) is 15.4. The van der Waals surface area contributed by atoms with Crippen LogP contribution in [0.5, 0.6) is 0 Å². The summed E-state index contributed by atoms with van der Waals surface area (Å²) in [4.78, 5) is 23.1. The number of benzene rings is 1. The first-order valence-electron chi connectivity index (χ1n) is 6.92. The summed E-state index contributed by atoms with van der Waals surface area (Å²) in [5.74, 6) is -1.76. The minimum absolute atomic E-state index is 0.0550. The van der Waals surface area contributed by atoms with E-state index < -0.39 is 12.0 Å². The molecule has 1 aliphatic rings. The van der Waals surface area contributed by atoms with Gasteiger partial charge in [-0.25, -0.2) is 9.18 Å². The summed E-state index contributed by atoms with van der Waals surface area (Å²) in [6, 6.07) is 5.18. The normalized spacial score (nSPS) is 21.4. The molecule has 3 unspecified atom stereocenters. The Balaban J connectivity index is 1.91. The maximum absolute atomic E-state index is 12.9. The number of rotatable bonds is 7. The Hall–Kier alpha value is -2.17. The fraction of sp³-hybridized carbons (Fsp3) is 0.375. The molecule has 2 N–H and O–H groups in total. The first-order valence-corrected chi connectivity index (χ1v) is 6.92. The minimum Gasteiger partial charge on any atom is -0.480 e. The number of carboxylic acid groups (broad SMARTS) is 1. The maximum atomic E-state index is 12.9. The highest BCUT2D eigenvalue weighted by Gasteiger charge is 2.44. The van der Waals surface area contributed by atoms with Crippen molar-refractivity contribution in [2.24, 2.45) is 5.92 Å². The monoisotopic (exact) mass is 291 g/mol. The molecule has 0 radical (unpaired) electrons. The van der Waals surface area contributed by atoms with Gasteiger partial charge in [-0.15, -0.1) is 6.58 Å². The molecule has 0 aliphatic heterocycles. The molecule has 1 aliphatic carbocycles. The molecule has 1 aromatic rings. The standard InChI is InChI=1S/C16H18FNO3/c1-2-3-4-14(16(20)21)18-15(19)13-9-12(13)10-5-7-11(17)8-6-10/h2,5-8,12-14H,1,3-4,9H2,(H,18,19)(H,20,21). The second kappa shape index (κ2) is 6.52. The summed E-state index contributed by atoms with van der Waals surface area (Å²) in [5, 5.41) is 11.6. The van der Waals surface area contributed by atoms with Gasteiger partial charge in [0.05, 0.1) is 0 Å². The van der Waals surface area contributed by atoms with Crippen molar-refractivity contribution >= 4 is 11.9 Å². The van der Waals surface area contributed by atoms with Gasteiger partial charge in [0.25, 0.3) is 0 Å². The first-order chi connectivity index (χ1) is 10.0. The second-order valence-corrected chi connectivity index (χ2v) is 5.27. The number of hydrogen-bond acceptors (Lipinski definition) is 2. The minimum atomic E-state index is -1.04. The zero-order valence-electron chi connectivity index (χ0n) is 11.6. The molecule has 2 rings (SSSR count). The van der Waals surface area contributed by atoms with Crippen molar-refractivity contribution < 1.29 is 19.1 Å². The molecule has 1 fully saturated rings. The number of nitrogens with one attached hydrogen (secondary N) is 1. The predicted molar refractivity (Wildman–Crippen MR) is 76.2 cm³/mol. The summed E-state index contributed by atoms with van der Waals surface area (Å²) < 4.78 is 12.9. The van der Waals surface area contributed by atoms with Crippen molar-refractivity contribution in [3.8, 4) is 0 Å². The van der Waals surface area contributed by atoms with Crippen molar-refractivity contribution in [2.45, 2.75) is 31.2 Å². The van der Waals surface area contributed by atoms with Crippen molar-refractivity contribution in [1.29, 1.82) is 0 Å². The van der Waals surface area contributed by atoms with Crippen molar-refractivity contribution in [2.75, 3.05) is 0 Å². The molecule has 0 aromatic heterocycles. The summed E-state index contributed by atoms with van der Waals surface area (Å²) in [6.45, 7) is 3.54. The lowest BCUT2D eigenvalue weighted by Gasteiger charge is -2.13. The quantitative estimate of drug-likeness (QED) is 0.758. The molecule has 0 saturated heterocycles. The summed E-state index contributed by atoms with van der Waals surface area (Å²) in [6.07, 6.45) is 3.16. The molecule has 1 saturated carbocycles. The van der Waals surface area contributed by atoms with Gasteiger partial charge in [0.2, 0.25) is 5.91 Å². The van der Waals surface area contributed by atoms with Crippen LogP contribution >= 0.6 is 0 Å². The summed E-state index contributed by atoms with van der Waals surface area (Å²) in [7, 11) is 0. The van der Waals surface area contributed by atoms with Crippen LogP contribution in [0.1, 0.15) is 30.7 Å². The fourth-order valence-corrected chi connectivity index (χ4v) is 2.38. The molecule has 0 heterocycles. The Labute approximate surface area is 122 Å². The van der Waals surface area contributed by atoms with E-state index in [1.165, 1.54) is 12.1 Å². The molecule has 112 valence electrons. The largest absolute Gasteiger partial charge is 0.480 e. The Morgan fingerprint density at radius 2 is 2.10 bits per heavy atom. The molecule has 3 atom stereocenters. The van der Waals surface area contributed by atoms with Gasteiger partial charge >= 0.3 is 5.97 Å². The lowest BCUT2D eigenvalue weighted by atomic mass is 10.1. The number of amides is 1. The van der Waals surface area contributed by atoms with Gasteiger partial charge in [0.15, 0.2) is 0 Å². The smallest absolute Gasteiger partial charge is 0.326 e. The summed E-state index contributed by atoms with van der Waals surface area (Å²) >= 11 is 0. The van der Waals surface area contributed by atoms with Gasteiger partial charge in [-0.1, -0.05) is 18.2 Å². The lowest BCUT2D eigenvalue weighted by molar-refractivity contribution is -0.142. The number of allylic oxidation sites excluding steroid dienone is 1. The number of carboxylic acids is 1. The van der Waals surface area contributed by atoms with Gasteiger partial charge in [-0.3, -0.25) is 4.79 Å². The molecule has 0 bridgehead atoms. The lowest BCUT2D eigenvalue weighted by Crippen LogP contribution is -2.41. The Kier molecular flexibility index (Phi) is 4.73. The molecule has 4 nitrogen and oxygen atoms in total. The van der Waals surface area contributed by atoms with Crippen LogP contribution in [0.25, 0.3) is 0 Å². The van der Waals surface area contributed by atoms with Crippen LogP contribution in [-0.4, -0.2) is 23.0 Å². The van der Waals surface area contributed by atoms with Crippen LogP contribution in [0.3, 0.4) is 0 Å². The fourth-order valence-electron chi connectivity index (χ4n) is 2.38. The van der Waals surface area contributed by atoms with Gasteiger partial charge in [-0.2, -0.15) is 0 Å². The van der Waals surface area contributed by atoms with Crippen LogP contribution in [0.4, 0.5) is 4.39 Å². The molecular weight excluding hydrogens is 273 g/mol. The van der Waals surface area contributed by atoms with Gasteiger partial charge in [0.1, 0.15) is 11.9 Å². The van der Waals surface area contributed by atoms with Gasteiger partial charge in [-0.05, 0) is 42.9 Å². The third kappa shape index (κ3) is 3.90. The van der Waals surface area contributed by atoms with Crippen LogP contribution in [-0.2, 0) is 9.59 Å². The molecule has 21 heavy (non-hydrogen) atoms. The van der Waals surface area contributed by atoms with Crippen LogP contribution in [0.15, 0.2) is 36.9 Å². The average Bonchev–Trinajstić information content (AvgIpc) is 3.24. The van der Waals surface area contributed by atoms with E-state index in [2.05, 4.69) is 11.9 Å². The highest BCUT2D eigenvalue weighted by molar-refractivity contribution is 5.87. The molecule has 1 amide bonds. The van der Waals surface area contributed by atoms with Crippen molar-refractivity contribution in [3.05, 3.63) is 48.3 Å². The van der Waals surface area contributed by atoms with Gasteiger partial charge < -0.3 is 10.4 Å². The Morgan fingerprint density at radius 1 is 1.43 bits per heavy atom. The van der Waals surface area contributed by atoms with Crippen LogP contribution in [0.2, 0.25) is 0 Å². The Morgan fingerprint density at radius 3 is 2.67 bits per heavy atom. The van der Waals surface area contributed by atoms with Crippen LogP contribution < -0.4 is 5.32 Å². The highest BCUT2D eigenvalue weighted by atomic mass is 19.1. The second-order valence-electron chi connectivity index (χ2n) is 5.27. The van der Waals surface area contributed by atoms with E-state index in [0.29, 0.717) is 19.3 Å². The Bertz CT molecular complexity index is 541. The number of halogens is 1. The van der Waals surface area contributed by atoms with E-state index in [1.54, 1.807) is 18.2 Å². The van der Waals surface area contributed by atoms with Crippen LogP contribution in [0, 0.1) is 11.7 Å². The van der Waals surface area contributed by atoms with E-state index in [9.17, 15) is 14.0 Å². The third-order valence-corrected chi connectivity index (χ3v) is 3.70. The summed E-state index contributed by atoms with van der Waals surface area (Å²) in [5.41, 5.74) is 0.912. The topological polar surface area (TPSA) is 66.4 Å². The first kappa shape index (κ1) is 15.2. The maximum Gasteiger partial charge on any atom is 0.326 e. The third-order valence-electron chi connectivity index (χ3n) is 3.70. The molecule has 0 spiro atoms.